The first-order valence-electron chi connectivity index (χ1n) is 8.56. The molecule has 1 aliphatic carbocycles. The quantitative estimate of drug-likeness (QED) is 0.652. The molecule has 0 aromatic heterocycles. The Hall–Kier alpha value is -1.70. The van der Waals surface area contributed by atoms with Crippen molar-refractivity contribution in [2.75, 3.05) is 14.2 Å². The van der Waals surface area contributed by atoms with E-state index in [-0.39, 0.29) is 5.41 Å². The summed E-state index contributed by atoms with van der Waals surface area (Å²) in [6, 6.07) is 4.08. The van der Waals surface area contributed by atoms with Crippen LogP contribution in [0.15, 0.2) is 35.4 Å². The van der Waals surface area contributed by atoms with Crippen LogP contribution in [0.5, 0.6) is 11.5 Å². The topological polar surface area (TPSA) is 18.5 Å². The number of rotatable bonds is 7. The van der Waals surface area contributed by atoms with Crippen molar-refractivity contribution in [1.29, 1.82) is 0 Å². The first kappa shape index (κ1) is 17.7. The van der Waals surface area contributed by atoms with Crippen LogP contribution in [0.1, 0.15) is 58.1 Å². The summed E-state index contributed by atoms with van der Waals surface area (Å²) in [5.41, 5.74) is 5.37. The van der Waals surface area contributed by atoms with Gasteiger partial charge in [-0.3, -0.25) is 0 Å². The summed E-state index contributed by atoms with van der Waals surface area (Å²) >= 11 is 0. The van der Waals surface area contributed by atoms with Crippen LogP contribution in [-0.2, 0) is 11.8 Å². The van der Waals surface area contributed by atoms with Gasteiger partial charge in [0.15, 0.2) is 0 Å². The second-order valence-corrected chi connectivity index (χ2v) is 6.93. The number of hydrogen-bond donors (Lipinski definition) is 0. The highest BCUT2D eigenvalue weighted by Gasteiger charge is 2.33. The van der Waals surface area contributed by atoms with Crippen LogP contribution in [0.2, 0.25) is 0 Å². The standard InChI is InChI=1S/C21H30O2/c1-7-8-9-17-18(22-5)12-13-19(23-6)20(17)21(3,4)16-11-10-15(2)14-16/h10-13H,7-9,14H2,1-6H3. The van der Waals surface area contributed by atoms with Gasteiger partial charge >= 0.3 is 0 Å². The molecule has 126 valence electrons. The van der Waals surface area contributed by atoms with Gasteiger partial charge in [0, 0.05) is 16.5 Å². The molecule has 23 heavy (non-hydrogen) atoms. The minimum Gasteiger partial charge on any atom is -0.496 e. The Balaban J connectivity index is 2.57. The van der Waals surface area contributed by atoms with Gasteiger partial charge in [0.05, 0.1) is 14.2 Å². The van der Waals surface area contributed by atoms with Crippen LogP contribution in [-0.4, -0.2) is 14.2 Å². The highest BCUT2D eigenvalue weighted by molar-refractivity contribution is 5.56. The van der Waals surface area contributed by atoms with E-state index in [1.54, 1.807) is 14.2 Å². The van der Waals surface area contributed by atoms with Gasteiger partial charge in [-0.1, -0.05) is 50.5 Å². The molecule has 0 fully saturated rings. The molecule has 0 atom stereocenters. The molecule has 0 saturated carbocycles. The second kappa shape index (κ2) is 7.25. The number of hydrogen-bond acceptors (Lipinski definition) is 2. The van der Waals surface area contributed by atoms with E-state index in [0.717, 1.165) is 30.8 Å². The molecule has 2 heteroatoms. The van der Waals surface area contributed by atoms with Crippen LogP contribution in [0.4, 0.5) is 0 Å². The van der Waals surface area contributed by atoms with Crippen molar-refractivity contribution >= 4 is 0 Å². The summed E-state index contributed by atoms with van der Waals surface area (Å²) in [7, 11) is 3.52. The average Bonchev–Trinajstić information content (AvgIpc) is 2.99. The second-order valence-electron chi connectivity index (χ2n) is 6.93. The third kappa shape index (κ3) is 3.46. The van der Waals surface area contributed by atoms with Gasteiger partial charge in [-0.05, 0) is 38.3 Å². The molecular formula is C21H30O2. The van der Waals surface area contributed by atoms with Gasteiger partial charge in [0.2, 0.25) is 0 Å². The lowest BCUT2D eigenvalue weighted by atomic mass is 9.73. The maximum Gasteiger partial charge on any atom is 0.123 e. The largest absolute Gasteiger partial charge is 0.496 e. The van der Waals surface area contributed by atoms with Gasteiger partial charge in [0.25, 0.3) is 0 Å². The van der Waals surface area contributed by atoms with E-state index in [2.05, 4.69) is 39.8 Å². The van der Waals surface area contributed by atoms with E-state index in [0.29, 0.717) is 0 Å². The van der Waals surface area contributed by atoms with Crippen LogP contribution in [0, 0.1) is 0 Å². The smallest absolute Gasteiger partial charge is 0.123 e. The average molecular weight is 314 g/mol. The third-order valence-electron chi connectivity index (χ3n) is 4.92. The van der Waals surface area contributed by atoms with Crippen molar-refractivity contribution in [3.63, 3.8) is 0 Å². The molecule has 0 N–H and O–H groups in total. The predicted octanol–water partition coefficient (Wildman–Crippen LogP) is 5.60. The Labute approximate surface area is 141 Å². The van der Waals surface area contributed by atoms with Crippen molar-refractivity contribution in [3.05, 3.63) is 46.6 Å². The van der Waals surface area contributed by atoms with Gasteiger partial charge < -0.3 is 9.47 Å². The Kier molecular flexibility index (Phi) is 5.56. The van der Waals surface area contributed by atoms with Crippen molar-refractivity contribution in [1.82, 2.24) is 0 Å². The van der Waals surface area contributed by atoms with Crippen molar-refractivity contribution < 1.29 is 9.47 Å². The summed E-state index contributed by atoms with van der Waals surface area (Å²) in [5.74, 6) is 1.94. The summed E-state index contributed by atoms with van der Waals surface area (Å²) in [4.78, 5) is 0. The molecule has 0 bridgehead atoms. The lowest BCUT2D eigenvalue weighted by Crippen LogP contribution is -2.23. The molecule has 0 aliphatic heterocycles. The van der Waals surface area contributed by atoms with Crippen LogP contribution in [0.25, 0.3) is 0 Å². The zero-order valence-electron chi connectivity index (χ0n) is 15.5. The molecule has 1 aliphatic rings. The zero-order chi connectivity index (χ0) is 17.0. The molecule has 0 saturated heterocycles. The highest BCUT2D eigenvalue weighted by atomic mass is 16.5. The van der Waals surface area contributed by atoms with E-state index >= 15 is 0 Å². The van der Waals surface area contributed by atoms with E-state index in [1.165, 1.54) is 28.7 Å². The molecule has 0 unspecified atom stereocenters. The first-order valence-corrected chi connectivity index (χ1v) is 8.56. The van der Waals surface area contributed by atoms with Crippen molar-refractivity contribution in [2.45, 2.75) is 58.8 Å². The molecule has 0 heterocycles. The lowest BCUT2D eigenvalue weighted by Gasteiger charge is -2.32. The summed E-state index contributed by atoms with van der Waals surface area (Å²) in [6.45, 7) is 9.03. The Morgan fingerprint density at radius 1 is 1.04 bits per heavy atom. The van der Waals surface area contributed by atoms with Gasteiger partial charge in [0.1, 0.15) is 11.5 Å². The minimum absolute atomic E-state index is 0.0722. The lowest BCUT2D eigenvalue weighted by molar-refractivity contribution is 0.384. The SMILES string of the molecule is CCCCc1c(OC)ccc(OC)c1C(C)(C)C1=CC=C(C)C1. The van der Waals surface area contributed by atoms with Gasteiger partial charge in [-0.15, -0.1) is 0 Å². The number of allylic oxidation sites excluding steroid dienone is 4. The Morgan fingerprint density at radius 3 is 2.22 bits per heavy atom. The molecule has 1 aromatic carbocycles. The van der Waals surface area contributed by atoms with E-state index in [4.69, 9.17) is 9.47 Å². The Bertz CT molecular complexity index is 621. The van der Waals surface area contributed by atoms with E-state index in [9.17, 15) is 0 Å². The zero-order valence-corrected chi connectivity index (χ0v) is 15.5. The molecule has 0 amide bonds. The van der Waals surface area contributed by atoms with Crippen LogP contribution < -0.4 is 9.47 Å². The van der Waals surface area contributed by atoms with Crippen molar-refractivity contribution in [2.24, 2.45) is 0 Å². The molecular weight excluding hydrogens is 284 g/mol. The fourth-order valence-electron chi connectivity index (χ4n) is 3.51. The van der Waals surface area contributed by atoms with Crippen LogP contribution in [0.3, 0.4) is 0 Å². The fourth-order valence-corrected chi connectivity index (χ4v) is 3.51. The summed E-state index contributed by atoms with van der Waals surface area (Å²) < 4.78 is 11.4. The van der Waals surface area contributed by atoms with Crippen molar-refractivity contribution in [3.8, 4) is 11.5 Å². The number of methoxy groups -OCH3 is 2. The first-order chi connectivity index (χ1) is 11.0. The Morgan fingerprint density at radius 2 is 1.70 bits per heavy atom. The monoisotopic (exact) mass is 314 g/mol. The number of unbranched alkanes of at least 4 members (excludes halogenated alkanes) is 1. The van der Waals surface area contributed by atoms with E-state index in [1.807, 2.05) is 12.1 Å². The van der Waals surface area contributed by atoms with Crippen LogP contribution >= 0.6 is 0 Å². The van der Waals surface area contributed by atoms with Gasteiger partial charge in [-0.25, -0.2) is 0 Å². The normalized spacial score (nSPS) is 14.5. The predicted molar refractivity (Wildman–Crippen MR) is 97.6 cm³/mol. The fraction of sp³-hybridized carbons (Fsp3) is 0.524. The number of benzene rings is 1. The molecule has 2 nitrogen and oxygen atoms in total. The summed E-state index contributed by atoms with van der Waals surface area (Å²) in [6.07, 6.45) is 8.90. The molecule has 0 radical (unpaired) electrons. The highest BCUT2D eigenvalue weighted by Crippen LogP contribution is 2.46. The maximum atomic E-state index is 5.74. The van der Waals surface area contributed by atoms with Gasteiger partial charge in [-0.2, -0.15) is 0 Å². The third-order valence-corrected chi connectivity index (χ3v) is 4.92. The maximum absolute atomic E-state index is 5.74. The summed E-state index contributed by atoms with van der Waals surface area (Å²) in [5, 5.41) is 0. The van der Waals surface area contributed by atoms with E-state index < -0.39 is 0 Å². The number of ether oxygens (including phenoxy) is 2. The minimum atomic E-state index is -0.0722. The molecule has 0 spiro atoms. The molecule has 1 aromatic rings. The molecule has 2 rings (SSSR count).